The Hall–Kier alpha value is -2.98. The van der Waals surface area contributed by atoms with Crippen LogP contribution in [0.3, 0.4) is 0 Å². The number of amides is 2. The second kappa shape index (κ2) is 10.1. The van der Waals surface area contributed by atoms with E-state index >= 15 is 0 Å². The highest BCUT2D eigenvalue weighted by atomic mass is 32.1. The number of hydrogen-bond donors (Lipinski definition) is 0. The summed E-state index contributed by atoms with van der Waals surface area (Å²) in [6.45, 7) is 5.35. The third-order valence-electron chi connectivity index (χ3n) is 6.05. The van der Waals surface area contributed by atoms with Crippen molar-refractivity contribution in [2.24, 2.45) is 0 Å². The van der Waals surface area contributed by atoms with E-state index in [1.54, 1.807) is 18.2 Å². The SMILES string of the molecule is O=C(CN1CCCN(C(=O)c2ccsc2)CC1)N1CCN(c2ccccc2[N+](=O)[O-])CC1. The van der Waals surface area contributed by atoms with Crippen molar-refractivity contribution < 1.29 is 14.5 Å². The monoisotopic (exact) mass is 457 g/mol. The lowest BCUT2D eigenvalue weighted by atomic mass is 10.2. The quantitative estimate of drug-likeness (QED) is 0.505. The van der Waals surface area contributed by atoms with Crippen molar-refractivity contribution in [3.8, 4) is 0 Å². The largest absolute Gasteiger partial charge is 0.362 e. The molecular weight excluding hydrogens is 430 g/mol. The second-order valence-electron chi connectivity index (χ2n) is 8.05. The minimum atomic E-state index is -0.362. The van der Waals surface area contributed by atoms with E-state index in [9.17, 15) is 19.7 Å². The zero-order valence-corrected chi connectivity index (χ0v) is 18.7. The van der Waals surface area contributed by atoms with Gasteiger partial charge in [0, 0.05) is 63.8 Å². The Morgan fingerprint density at radius 1 is 0.938 bits per heavy atom. The summed E-state index contributed by atoms with van der Waals surface area (Å²) in [6, 6.07) is 8.58. The molecule has 4 rings (SSSR count). The van der Waals surface area contributed by atoms with E-state index in [0.29, 0.717) is 58.0 Å². The summed E-state index contributed by atoms with van der Waals surface area (Å²) >= 11 is 1.52. The molecule has 10 heteroatoms. The fraction of sp³-hybridized carbons (Fsp3) is 0.455. The zero-order chi connectivity index (χ0) is 22.5. The van der Waals surface area contributed by atoms with Crippen LogP contribution < -0.4 is 4.90 Å². The molecule has 1 aromatic carbocycles. The Bertz CT molecular complexity index is 959. The maximum absolute atomic E-state index is 12.9. The van der Waals surface area contributed by atoms with Gasteiger partial charge in [0.2, 0.25) is 5.91 Å². The van der Waals surface area contributed by atoms with Gasteiger partial charge in [-0.15, -0.1) is 0 Å². The highest BCUT2D eigenvalue weighted by molar-refractivity contribution is 7.08. The number of anilines is 1. The number of rotatable bonds is 5. The highest BCUT2D eigenvalue weighted by Crippen LogP contribution is 2.28. The first-order chi connectivity index (χ1) is 15.5. The lowest BCUT2D eigenvalue weighted by Gasteiger charge is -2.36. The molecule has 170 valence electrons. The van der Waals surface area contributed by atoms with Crippen molar-refractivity contribution in [1.29, 1.82) is 0 Å². The van der Waals surface area contributed by atoms with Gasteiger partial charge in [-0.25, -0.2) is 0 Å². The van der Waals surface area contributed by atoms with Gasteiger partial charge in [0.1, 0.15) is 5.69 Å². The first-order valence-corrected chi connectivity index (χ1v) is 11.8. The molecular formula is C22H27N5O4S. The smallest absolute Gasteiger partial charge is 0.292 e. The van der Waals surface area contributed by atoms with E-state index in [2.05, 4.69) is 4.90 Å². The van der Waals surface area contributed by atoms with Gasteiger partial charge in [-0.3, -0.25) is 24.6 Å². The van der Waals surface area contributed by atoms with Crippen LogP contribution in [0.4, 0.5) is 11.4 Å². The topological polar surface area (TPSA) is 90.2 Å². The number of nitro groups is 1. The van der Waals surface area contributed by atoms with Gasteiger partial charge in [0.05, 0.1) is 17.0 Å². The van der Waals surface area contributed by atoms with Gasteiger partial charge in [0.25, 0.3) is 11.6 Å². The van der Waals surface area contributed by atoms with Crippen molar-refractivity contribution in [2.75, 3.05) is 63.8 Å². The van der Waals surface area contributed by atoms with E-state index in [0.717, 1.165) is 18.5 Å². The number of nitrogens with zero attached hydrogens (tertiary/aromatic N) is 5. The molecule has 0 unspecified atom stereocenters. The fourth-order valence-electron chi connectivity index (χ4n) is 4.27. The second-order valence-corrected chi connectivity index (χ2v) is 8.83. The molecule has 2 aliphatic rings. The van der Waals surface area contributed by atoms with E-state index in [-0.39, 0.29) is 22.4 Å². The van der Waals surface area contributed by atoms with Crippen LogP contribution in [-0.2, 0) is 4.79 Å². The first-order valence-electron chi connectivity index (χ1n) is 10.8. The average Bonchev–Trinajstić information content (AvgIpc) is 3.26. The summed E-state index contributed by atoms with van der Waals surface area (Å²) in [5, 5.41) is 15.1. The summed E-state index contributed by atoms with van der Waals surface area (Å²) in [4.78, 5) is 44.2. The first kappa shape index (κ1) is 22.2. The van der Waals surface area contributed by atoms with Crippen LogP contribution in [-0.4, -0.2) is 90.3 Å². The Balaban J connectivity index is 1.27. The van der Waals surface area contributed by atoms with Crippen molar-refractivity contribution in [3.63, 3.8) is 0 Å². The van der Waals surface area contributed by atoms with Crippen molar-refractivity contribution in [1.82, 2.24) is 14.7 Å². The van der Waals surface area contributed by atoms with Gasteiger partial charge >= 0.3 is 0 Å². The molecule has 2 saturated heterocycles. The van der Waals surface area contributed by atoms with Crippen LogP contribution in [0.2, 0.25) is 0 Å². The minimum Gasteiger partial charge on any atom is -0.362 e. The molecule has 2 aliphatic heterocycles. The van der Waals surface area contributed by atoms with E-state index in [1.807, 2.05) is 31.5 Å². The number of piperazine rings is 1. The van der Waals surface area contributed by atoms with Gasteiger partial charge in [-0.05, 0) is 23.9 Å². The van der Waals surface area contributed by atoms with Crippen LogP contribution >= 0.6 is 11.3 Å². The van der Waals surface area contributed by atoms with Crippen molar-refractivity contribution in [2.45, 2.75) is 6.42 Å². The molecule has 0 bridgehead atoms. The van der Waals surface area contributed by atoms with E-state index in [1.165, 1.54) is 17.4 Å². The van der Waals surface area contributed by atoms with Gasteiger partial charge in [0.15, 0.2) is 0 Å². The number of carbonyl (C=O) groups is 2. The lowest BCUT2D eigenvalue weighted by Crippen LogP contribution is -2.51. The Labute approximate surface area is 191 Å². The summed E-state index contributed by atoms with van der Waals surface area (Å²) in [7, 11) is 0. The zero-order valence-electron chi connectivity index (χ0n) is 17.9. The van der Waals surface area contributed by atoms with Gasteiger partial charge in [-0.2, -0.15) is 11.3 Å². The molecule has 3 heterocycles. The molecule has 2 aromatic rings. The molecule has 0 spiro atoms. The van der Waals surface area contributed by atoms with E-state index in [4.69, 9.17) is 0 Å². The maximum atomic E-state index is 12.9. The molecule has 9 nitrogen and oxygen atoms in total. The van der Waals surface area contributed by atoms with Crippen LogP contribution in [0.25, 0.3) is 0 Å². The minimum absolute atomic E-state index is 0.0607. The number of benzene rings is 1. The van der Waals surface area contributed by atoms with Gasteiger partial charge in [-0.1, -0.05) is 12.1 Å². The Morgan fingerprint density at radius 2 is 1.69 bits per heavy atom. The Kier molecular flexibility index (Phi) is 7.01. The Morgan fingerprint density at radius 3 is 2.41 bits per heavy atom. The molecule has 0 radical (unpaired) electrons. The maximum Gasteiger partial charge on any atom is 0.292 e. The predicted molar refractivity (Wildman–Crippen MR) is 123 cm³/mol. The number of carbonyl (C=O) groups excluding carboxylic acids is 2. The molecule has 0 saturated carbocycles. The standard InChI is InChI=1S/C22H27N5O4S/c28-21(16-23-7-3-8-26(10-9-23)22(29)18-6-15-32-17-18)25-13-11-24(12-14-25)19-4-1-2-5-20(19)27(30)31/h1-2,4-6,15,17H,3,7-14,16H2. The summed E-state index contributed by atoms with van der Waals surface area (Å²) in [6.07, 6.45) is 0.842. The fourth-order valence-corrected chi connectivity index (χ4v) is 4.90. The highest BCUT2D eigenvalue weighted by Gasteiger charge is 2.27. The molecule has 2 amide bonds. The molecule has 32 heavy (non-hydrogen) atoms. The van der Waals surface area contributed by atoms with Crippen LogP contribution in [0.15, 0.2) is 41.1 Å². The van der Waals surface area contributed by atoms with Crippen LogP contribution in [0.5, 0.6) is 0 Å². The van der Waals surface area contributed by atoms with E-state index < -0.39 is 0 Å². The number of para-hydroxylation sites is 2. The van der Waals surface area contributed by atoms with Crippen molar-refractivity contribution in [3.05, 3.63) is 56.8 Å². The van der Waals surface area contributed by atoms with Crippen molar-refractivity contribution >= 4 is 34.5 Å². The summed E-state index contributed by atoms with van der Waals surface area (Å²) < 4.78 is 0. The normalized spacial score (nSPS) is 17.8. The molecule has 2 fully saturated rings. The number of nitro benzene ring substituents is 1. The molecule has 0 aliphatic carbocycles. The molecule has 0 atom stereocenters. The molecule has 0 N–H and O–H groups in total. The third kappa shape index (κ3) is 5.08. The molecule has 1 aromatic heterocycles. The third-order valence-corrected chi connectivity index (χ3v) is 6.74. The van der Waals surface area contributed by atoms with Crippen LogP contribution in [0, 0.1) is 10.1 Å². The van der Waals surface area contributed by atoms with Crippen LogP contribution in [0.1, 0.15) is 16.8 Å². The summed E-state index contributed by atoms with van der Waals surface area (Å²) in [5.41, 5.74) is 1.43. The van der Waals surface area contributed by atoms with Gasteiger partial charge < -0.3 is 14.7 Å². The number of thiophene rings is 1. The predicted octanol–water partition coefficient (Wildman–Crippen LogP) is 2.15. The average molecular weight is 458 g/mol. The lowest BCUT2D eigenvalue weighted by molar-refractivity contribution is -0.384. The number of hydrogen-bond acceptors (Lipinski definition) is 7. The summed E-state index contributed by atoms with van der Waals surface area (Å²) in [5.74, 6) is 0.135.